The van der Waals surface area contributed by atoms with Crippen molar-refractivity contribution in [3.05, 3.63) is 29.6 Å². The van der Waals surface area contributed by atoms with E-state index in [1.54, 1.807) is 17.0 Å². The fourth-order valence-corrected chi connectivity index (χ4v) is 2.80. The monoisotopic (exact) mass is 333 g/mol. The maximum Gasteiger partial charge on any atom is 0.270 e. The third-order valence-electron chi connectivity index (χ3n) is 4.10. The van der Waals surface area contributed by atoms with Gasteiger partial charge in [-0.25, -0.2) is 0 Å². The fourth-order valence-electron chi connectivity index (χ4n) is 2.80. The molecule has 0 saturated carbocycles. The fraction of sp³-hybridized carbons (Fsp3) is 0.588. The molecule has 1 fully saturated rings. The highest BCUT2D eigenvalue weighted by atomic mass is 16.2. The van der Waals surface area contributed by atoms with Crippen LogP contribution in [0.5, 0.6) is 0 Å². The molecule has 2 rings (SSSR count). The minimum Gasteiger partial charge on any atom is -0.348 e. The van der Waals surface area contributed by atoms with Crippen LogP contribution in [0.1, 0.15) is 47.0 Å². The average molecular weight is 333 g/mol. The smallest absolute Gasteiger partial charge is 0.270 e. The Morgan fingerprint density at radius 3 is 2.67 bits per heavy atom. The predicted molar refractivity (Wildman–Crippen MR) is 92.8 cm³/mol. The average Bonchev–Trinajstić information content (AvgIpc) is 2.62. The first-order valence-corrected chi connectivity index (χ1v) is 8.62. The molecule has 4 N–H and O–H groups in total. The van der Waals surface area contributed by atoms with Gasteiger partial charge in [0, 0.05) is 31.9 Å². The van der Waals surface area contributed by atoms with Crippen LogP contribution in [-0.4, -0.2) is 60.5 Å². The van der Waals surface area contributed by atoms with Crippen molar-refractivity contribution in [1.82, 2.24) is 20.5 Å². The SMILES string of the molecule is CCCN(CCN)C(=O)c1ccc(C(=O)NC2CCNCC2)nc1. The second-order valence-electron chi connectivity index (χ2n) is 6.01. The van der Waals surface area contributed by atoms with Crippen molar-refractivity contribution in [3.8, 4) is 0 Å². The normalized spacial score (nSPS) is 15.1. The molecule has 7 heteroatoms. The Hall–Kier alpha value is -1.99. The molecule has 0 atom stereocenters. The third-order valence-corrected chi connectivity index (χ3v) is 4.10. The molecule has 1 aromatic rings. The minimum atomic E-state index is -0.187. The van der Waals surface area contributed by atoms with Crippen LogP contribution < -0.4 is 16.4 Å². The van der Waals surface area contributed by atoms with Crippen molar-refractivity contribution in [3.63, 3.8) is 0 Å². The van der Waals surface area contributed by atoms with Crippen molar-refractivity contribution in [2.75, 3.05) is 32.7 Å². The Bertz CT molecular complexity index is 534. The number of carbonyl (C=O) groups is 2. The molecular weight excluding hydrogens is 306 g/mol. The van der Waals surface area contributed by atoms with Gasteiger partial charge in [-0.1, -0.05) is 6.92 Å². The van der Waals surface area contributed by atoms with Crippen molar-refractivity contribution >= 4 is 11.8 Å². The second kappa shape index (κ2) is 9.34. The molecule has 0 bridgehead atoms. The molecule has 0 spiro atoms. The Morgan fingerprint density at radius 1 is 1.33 bits per heavy atom. The van der Waals surface area contributed by atoms with E-state index in [-0.39, 0.29) is 17.9 Å². The minimum absolute atomic E-state index is 0.0971. The van der Waals surface area contributed by atoms with Gasteiger partial charge in [0.05, 0.1) is 5.56 Å². The number of hydrogen-bond donors (Lipinski definition) is 3. The summed E-state index contributed by atoms with van der Waals surface area (Å²) in [6, 6.07) is 3.45. The van der Waals surface area contributed by atoms with E-state index in [9.17, 15) is 9.59 Å². The molecule has 1 aliphatic heterocycles. The Kier molecular flexibility index (Phi) is 7.14. The van der Waals surface area contributed by atoms with Crippen LogP contribution in [0.25, 0.3) is 0 Å². The number of rotatable bonds is 7. The van der Waals surface area contributed by atoms with Crippen LogP contribution in [-0.2, 0) is 0 Å². The zero-order valence-electron chi connectivity index (χ0n) is 14.3. The van der Waals surface area contributed by atoms with Gasteiger partial charge < -0.3 is 21.3 Å². The first-order chi connectivity index (χ1) is 11.7. The molecule has 0 unspecified atom stereocenters. The molecule has 0 aliphatic carbocycles. The van der Waals surface area contributed by atoms with E-state index < -0.39 is 0 Å². The lowest BCUT2D eigenvalue weighted by atomic mass is 10.1. The van der Waals surface area contributed by atoms with Crippen LogP contribution in [0.4, 0.5) is 0 Å². The molecule has 7 nitrogen and oxygen atoms in total. The zero-order chi connectivity index (χ0) is 17.4. The van der Waals surface area contributed by atoms with Gasteiger partial charge in [-0.15, -0.1) is 0 Å². The van der Waals surface area contributed by atoms with Gasteiger partial charge in [-0.2, -0.15) is 0 Å². The van der Waals surface area contributed by atoms with Crippen molar-refractivity contribution in [1.29, 1.82) is 0 Å². The lowest BCUT2D eigenvalue weighted by molar-refractivity contribution is 0.0759. The summed E-state index contributed by atoms with van der Waals surface area (Å²) in [6.45, 7) is 5.46. The van der Waals surface area contributed by atoms with Gasteiger partial charge in [0.2, 0.25) is 0 Å². The van der Waals surface area contributed by atoms with Crippen LogP contribution in [0.2, 0.25) is 0 Å². The third kappa shape index (κ3) is 5.01. The van der Waals surface area contributed by atoms with E-state index in [1.807, 2.05) is 6.92 Å². The van der Waals surface area contributed by atoms with Gasteiger partial charge in [-0.05, 0) is 44.5 Å². The first kappa shape index (κ1) is 18.4. The van der Waals surface area contributed by atoms with Crippen LogP contribution in [0.3, 0.4) is 0 Å². The molecule has 2 heterocycles. The standard InChI is InChI=1S/C17H27N5O2/c1-2-10-22(11-7-18)17(24)13-3-4-15(20-12-13)16(23)21-14-5-8-19-9-6-14/h3-4,12,14,19H,2,5-11,18H2,1H3,(H,21,23). The van der Waals surface area contributed by atoms with Gasteiger partial charge in [0.25, 0.3) is 11.8 Å². The summed E-state index contributed by atoms with van der Waals surface area (Å²) in [4.78, 5) is 30.5. The van der Waals surface area contributed by atoms with Gasteiger partial charge in [0.1, 0.15) is 5.69 Å². The molecule has 2 amide bonds. The first-order valence-electron chi connectivity index (χ1n) is 8.62. The number of aromatic nitrogens is 1. The Labute approximate surface area is 143 Å². The lowest BCUT2D eigenvalue weighted by Gasteiger charge is -2.23. The molecule has 1 aromatic heterocycles. The van der Waals surface area contributed by atoms with E-state index in [0.717, 1.165) is 32.4 Å². The highest BCUT2D eigenvalue weighted by Crippen LogP contribution is 2.08. The quantitative estimate of drug-likeness (QED) is 0.669. The zero-order valence-corrected chi connectivity index (χ0v) is 14.3. The molecule has 132 valence electrons. The molecular formula is C17H27N5O2. The number of carbonyl (C=O) groups excluding carboxylic acids is 2. The van der Waals surface area contributed by atoms with Crippen molar-refractivity contribution in [2.45, 2.75) is 32.2 Å². The summed E-state index contributed by atoms with van der Waals surface area (Å²) >= 11 is 0. The van der Waals surface area contributed by atoms with E-state index in [4.69, 9.17) is 5.73 Å². The second-order valence-corrected chi connectivity index (χ2v) is 6.01. The summed E-state index contributed by atoms with van der Waals surface area (Å²) < 4.78 is 0. The highest BCUT2D eigenvalue weighted by Gasteiger charge is 2.18. The van der Waals surface area contributed by atoms with Crippen molar-refractivity contribution < 1.29 is 9.59 Å². The maximum absolute atomic E-state index is 12.4. The number of pyridine rings is 1. The number of hydrogen-bond acceptors (Lipinski definition) is 5. The van der Waals surface area contributed by atoms with Crippen LogP contribution >= 0.6 is 0 Å². The largest absolute Gasteiger partial charge is 0.348 e. The Morgan fingerprint density at radius 2 is 2.08 bits per heavy atom. The molecule has 24 heavy (non-hydrogen) atoms. The van der Waals surface area contributed by atoms with E-state index >= 15 is 0 Å². The van der Waals surface area contributed by atoms with Crippen LogP contribution in [0, 0.1) is 0 Å². The van der Waals surface area contributed by atoms with Crippen LogP contribution in [0.15, 0.2) is 18.3 Å². The van der Waals surface area contributed by atoms with Gasteiger partial charge >= 0.3 is 0 Å². The number of piperidine rings is 1. The lowest BCUT2D eigenvalue weighted by Crippen LogP contribution is -2.43. The molecule has 1 saturated heterocycles. The molecule has 1 aliphatic rings. The summed E-state index contributed by atoms with van der Waals surface area (Å²) in [5.41, 5.74) is 6.38. The Balaban J connectivity index is 1.98. The van der Waals surface area contributed by atoms with E-state index in [0.29, 0.717) is 30.9 Å². The number of amides is 2. The van der Waals surface area contributed by atoms with E-state index in [2.05, 4.69) is 15.6 Å². The van der Waals surface area contributed by atoms with Gasteiger partial charge in [-0.3, -0.25) is 14.6 Å². The maximum atomic E-state index is 12.4. The predicted octanol–water partition coefficient (Wildman–Crippen LogP) is 0.374. The summed E-state index contributed by atoms with van der Waals surface area (Å²) in [5, 5.41) is 6.25. The topological polar surface area (TPSA) is 100 Å². The molecule has 0 radical (unpaired) electrons. The summed E-state index contributed by atoms with van der Waals surface area (Å²) in [6.07, 6.45) is 4.19. The number of nitrogens with two attached hydrogens (primary N) is 1. The summed E-state index contributed by atoms with van der Waals surface area (Å²) in [5.74, 6) is -0.284. The van der Waals surface area contributed by atoms with Gasteiger partial charge in [0.15, 0.2) is 0 Å². The number of nitrogens with one attached hydrogen (secondary N) is 2. The highest BCUT2D eigenvalue weighted by molar-refractivity contribution is 5.96. The van der Waals surface area contributed by atoms with Crippen molar-refractivity contribution in [2.24, 2.45) is 5.73 Å². The molecule has 0 aromatic carbocycles. The number of nitrogens with zero attached hydrogens (tertiary/aromatic N) is 2. The van der Waals surface area contributed by atoms with E-state index in [1.165, 1.54) is 6.20 Å². The summed E-state index contributed by atoms with van der Waals surface area (Å²) in [7, 11) is 0.